The summed E-state index contributed by atoms with van der Waals surface area (Å²) in [4.78, 5) is 4.45. The predicted octanol–water partition coefficient (Wildman–Crippen LogP) is 3.88. The van der Waals surface area contributed by atoms with E-state index in [0.29, 0.717) is 16.7 Å². The van der Waals surface area contributed by atoms with Crippen molar-refractivity contribution in [3.63, 3.8) is 0 Å². The van der Waals surface area contributed by atoms with Crippen molar-refractivity contribution in [1.82, 2.24) is 10.1 Å². The van der Waals surface area contributed by atoms with Crippen LogP contribution in [0.4, 0.5) is 0 Å². The molecule has 19 heavy (non-hydrogen) atoms. The summed E-state index contributed by atoms with van der Waals surface area (Å²) in [7, 11) is 0. The minimum atomic E-state index is -0.430. The van der Waals surface area contributed by atoms with E-state index in [2.05, 4.69) is 26.1 Å². The lowest BCUT2D eigenvalue weighted by atomic mass is 9.99. The Balaban J connectivity index is 1.97. The third kappa shape index (κ3) is 2.42. The molecule has 1 saturated carbocycles. The summed E-state index contributed by atoms with van der Waals surface area (Å²) in [6.45, 7) is 0. The Morgan fingerprint density at radius 3 is 2.74 bits per heavy atom. The van der Waals surface area contributed by atoms with Crippen LogP contribution in [-0.4, -0.2) is 10.1 Å². The van der Waals surface area contributed by atoms with E-state index in [1.165, 1.54) is 0 Å². The molecule has 0 atom stereocenters. The van der Waals surface area contributed by atoms with Gasteiger partial charge in [-0.05, 0) is 47.0 Å². The van der Waals surface area contributed by atoms with Crippen LogP contribution in [0.2, 0.25) is 5.02 Å². The lowest BCUT2D eigenvalue weighted by molar-refractivity contribution is 0.372. The van der Waals surface area contributed by atoms with Gasteiger partial charge in [-0.25, -0.2) is 0 Å². The van der Waals surface area contributed by atoms with Crippen LogP contribution < -0.4 is 5.73 Å². The van der Waals surface area contributed by atoms with Gasteiger partial charge >= 0.3 is 0 Å². The number of rotatable bonds is 2. The molecule has 0 radical (unpaired) electrons. The van der Waals surface area contributed by atoms with E-state index in [9.17, 15) is 0 Å². The molecule has 1 aliphatic carbocycles. The topological polar surface area (TPSA) is 64.9 Å². The molecule has 3 rings (SSSR count). The highest BCUT2D eigenvalue weighted by molar-refractivity contribution is 9.10. The van der Waals surface area contributed by atoms with Crippen molar-refractivity contribution in [3.8, 4) is 11.5 Å². The van der Waals surface area contributed by atoms with Gasteiger partial charge in [0.05, 0.1) is 11.1 Å². The fraction of sp³-hybridized carbons (Fsp3) is 0.385. The van der Waals surface area contributed by atoms with E-state index in [1.807, 2.05) is 6.07 Å². The summed E-state index contributed by atoms with van der Waals surface area (Å²) in [6, 6.07) is 5.44. The zero-order chi connectivity index (χ0) is 13.5. The van der Waals surface area contributed by atoms with Crippen molar-refractivity contribution >= 4 is 27.5 Å². The average molecular weight is 343 g/mol. The lowest BCUT2D eigenvalue weighted by Crippen LogP contribution is -2.34. The Morgan fingerprint density at radius 1 is 1.32 bits per heavy atom. The first kappa shape index (κ1) is 13.1. The molecule has 0 spiro atoms. The van der Waals surface area contributed by atoms with Crippen LogP contribution in [0.25, 0.3) is 11.5 Å². The molecule has 0 bridgehead atoms. The molecule has 0 saturated heterocycles. The maximum atomic E-state index is 6.32. The van der Waals surface area contributed by atoms with Gasteiger partial charge < -0.3 is 10.3 Å². The number of benzene rings is 1. The first-order valence-electron chi connectivity index (χ1n) is 6.17. The van der Waals surface area contributed by atoms with Gasteiger partial charge in [0.2, 0.25) is 0 Å². The maximum absolute atomic E-state index is 6.32. The second kappa shape index (κ2) is 4.89. The minimum Gasteiger partial charge on any atom is -0.334 e. The van der Waals surface area contributed by atoms with E-state index in [4.69, 9.17) is 21.9 Å². The molecule has 1 heterocycles. The fourth-order valence-corrected chi connectivity index (χ4v) is 3.28. The number of halogens is 2. The highest BCUT2D eigenvalue weighted by Crippen LogP contribution is 2.36. The monoisotopic (exact) mass is 341 g/mol. The number of nitrogens with zero attached hydrogens (tertiary/aromatic N) is 2. The van der Waals surface area contributed by atoms with Gasteiger partial charge in [0.15, 0.2) is 5.82 Å². The van der Waals surface area contributed by atoms with E-state index >= 15 is 0 Å². The number of nitrogens with two attached hydrogens (primary N) is 1. The highest BCUT2D eigenvalue weighted by Gasteiger charge is 2.36. The van der Waals surface area contributed by atoms with E-state index in [1.54, 1.807) is 12.1 Å². The number of hydrogen-bond donors (Lipinski definition) is 1. The van der Waals surface area contributed by atoms with Crippen molar-refractivity contribution in [2.45, 2.75) is 31.2 Å². The van der Waals surface area contributed by atoms with Crippen molar-refractivity contribution in [2.75, 3.05) is 0 Å². The Hall–Kier alpha value is -0.910. The standard InChI is InChI=1S/C13H13BrClN3O/c14-10-7-8(15)3-4-9(10)11-17-12(18-19-11)13(16)5-1-2-6-13/h3-4,7H,1-2,5-6,16H2. The summed E-state index contributed by atoms with van der Waals surface area (Å²) in [5.74, 6) is 1.07. The molecule has 2 N–H and O–H groups in total. The smallest absolute Gasteiger partial charge is 0.259 e. The Labute approximate surface area is 124 Å². The molecule has 100 valence electrons. The maximum Gasteiger partial charge on any atom is 0.259 e. The summed E-state index contributed by atoms with van der Waals surface area (Å²) in [6.07, 6.45) is 4.05. The molecule has 1 aliphatic rings. The second-order valence-electron chi connectivity index (χ2n) is 4.91. The summed E-state index contributed by atoms with van der Waals surface area (Å²) < 4.78 is 6.16. The average Bonchev–Trinajstić information content (AvgIpc) is 2.99. The summed E-state index contributed by atoms with van der Waals surface area (Å²) in [5, 5.41) is 4.70. The third-order valence-corrected chi connectivity index (χ3v) is 4.42. The Morgan fingerprint density at radius 2 is 2.05 bits per heavy atom. The van der Waals surface area contributed by atoms with Crippen LogP contribution in [-0.2, 0) is 5.54 Å². The molecule has 4 nitrogen and oxygen atoms in total. The fourth-order valence-electron chi connectivity index (χ4n) is 2.43. The minimum absolute atomic E-state index is 0.430. The largest absolute Gasteiger partial charge is 0.334 e. The molecular weight excluding hydrogens is 330 g/mol. The van der Waals surface area contributed by atoms with Crippen LogP contribution >= 0.6 is 27.5 Å². The van der Waals surface area contributed by atoms with Crippen LogP contribution in [0.1, 0.15) is 31.5 Å². The normalized spacial score (nSPS) is 17.8. The van der Waals surface area contributed by atoms with Gasteiger partial charge in [0.1, 0.15) is 0 Å². The quantitative estimate of drug-likeness (QED) is 0.899. The van der Waals surface area contributed by atoms with Crippen LogP contribution in [0, 0.1) is 0 Å². The number of hydrogen-bond acceptors (Lipinski definition) is 4. The zero-order valence-electron chi connectivity index (χ0n) is 10.2. The van der Waals surface area contributed by atoms with Crippen molar-refractivity contribution in [1.29, 1.82) is 0 Å². The van der Waals surface area contributed by atoms with E-state index in [-0.39, 0.29) is 0 Å². The van der Waals surface area contributed by atoms with Crippen molar-refractivity contribution in [2.24, 2.45) is 5.73 Å². The molecule has 1 aromatic heterocycles. The third-order valence-electron chi connectivity index (χ3n) is 3.53. The molecule has 1 aromatic carbocycles. The van der Waals surface area contributed by atoms with Crippen LogP contribution in [0.5, 0.6) is 0 Å². The van der Waals surface area contributed by atoms with E-state index < -0.39 is 5.54 Å². The Kier molecular flexibility index (Phi) is 3.37. The van der Waals surface area contributed by atoms with Gasteiger partial charge in [0.25, 0.3) is 5.89 Å². The van der Waals surface area contributed by atoms with Gasteiger partial charge in [-0.1, -0.05) is 29.6 Å². The molecular formula is C13H13BrClN3O. The molecule has 0 aliphatic heterocycles. The molecule has 0 unspecified atom stereocenters. The molecule has 2 aromatic rings. The molecule has 6 heteroatoms. The zero-order valence-corrected chi connectivity index (χ0v) is 12.5. The SMILES string of the molecule is NC1(c2noc(-c3ccc(Cl)cc3Br)n2)CCCC1. The molecule has 0 amide bonds. The van der Waals surface area contributed by atoms with Gasteiger partial charge in [-0.15, -0.1) is 0 Å². The van der Waals surface area contributed by atoms with Crippen molar-refractivity contribution in [3.05, 3.63) is 33.5 Å². The van der Waals surface area contributed by atoms with E-state index in [0.717, 1.165) is 35.7 Å². The van der Waals surface area contributed by atoms with Crippen molar-refractivity contribution < 1.29 is 4.52 Å². The van der Waals surface area contributed by atoms with Crippen LogP contribution in [0.3, 0.4) is 0 Å². The summed E-state index contributed by atoms with van der Waals surface area (Å²) in [5.41, 5.74) is 6.71. The lowest BCUT2D eigenvalue weighted by Gasteiger charge is -2.17. The van der Waals surface area contributed by atoms with Gasteiger partial charge in [0, 0.05) is 9.50 Å². The van der Waals surface area contributed by atoms with Gasteiger partial charge in [-0.3, -0.25) is 0 Å². The van der Waals surface area contributed by atoms with Crippen LogP contribution in [0.15, 0.2) is 27.2 Å². The summed E-state index contributed by atoms with van der Waals surface area (Å²) >= 11 is 9.37. The Bertz CT molecular complexity index is 608. The highest BCUT2D eigenvalue weighted by atomic mass is 79.9. The number of aromatic nitrogens is 2. The predicted molar refractivity (Wildman–Crippen MR) is 76.8 cm³/mol. The molecule has 1 fully saturated rings. The van der Waals surface area contributed by atoms with Gasteiger partial charge in [-0.2, -0.15) is 4.98 Å². The first-order chi connectivity index (χ1) is 9.08. The second-order valence-corrected chi connectivity index (χ2v) is 6.20. The first-order valence-corrected chi connectivity index (χ1v) is 7.34.